The topological polar surface area (TPSA) is 78.4 Å². The number of hydroxylamine groups is 1. The van der Waals surface area contributed by atoms with Gasteiger partial charge in [-0.25, -0.2) is 14.3 Å². The van der Waals surface area contributed by atoms with Gasteiger partial charge in [-0.15, -0.1) is 0 Å². The van der Waals surface area contributed by atoms with Crippen molar-refractivity contribution in [3.05, 3.63) is 70.8 Å². The van der Waals surface area contributed by atoms with Crippen molar-refractivity contribution in [2.45, 2.75) is 26.8 Å². The van der Waals surface area contributed by atoms with Gasteiger partial charge in [-0.05, 0) is 35.2 Å². The lowest BCUT2D eigenvalue weighted by Crippen LogP contribution is -2.36. The molecule has 2 amide bonds. The van der Waals surface area contributed by atoms with E-state index in [0.717, 1.165) is 12.1 Å². The lowest BCUT2D eigenvalue weighted by molar-refractivity contribution is 0.0706. The summed E-state index contributed by atoms with van der Waals surface area (Å²) in [6, 6.07) is 8.46. The Morgan fingerprint density at radius 3 is 1.92 bits per heavy atom. The molecule has 7 heteroatoms. The van der Waals surface area contributed by atoms with E-state index in [0.29, 0.717) is 11.6 Å². The standard InChI is InChI=1S/C19H20F2N2O3/c1-19(2,3)16(11-4-6-12(7-5-11)18(25)23-26)22-17(24)13-8-14(20)10-15(21)9-13/h4-10,16,26H,1-3H3,(H,22,24)(H,23,25). The van der Waals surface area contributed by atoms with Crippen LogP contribution in [0.2, 0.25) is 0 Å². The molecule has 1 atom stereocenters. The molecule has 0 fully saturated rings. The monoisotopic (exact) mass is 362 g/mol. The van der Waals surface area contributed by atoms with E-state index in [1.54, 1.807) is 17.6 Å². The van der Waals surface area contributed by atoms with E-state index in [-0.39, 0.29) is 11.1 Å². The van der Waals surface area contributed by atoms with E-state index in [4.69, 9.17) is 5.21 Å². The largest absolute Gasteiger partial charge is 0.345 e. The predicted octanol–water partition coefficient (Wildman–Crippen LogP) is 3.60. The number of nitrogens with one attached hydrogen (secondary N) is 2. The molecule has 0 heterocycles. The van der Waals surface area contributed by atoms with Gasteiger partial charge in [0.1, 0.15) is 11.6 Å². The second-order valence-electron chi connectivity index (χ2n) is 6.99. The molecular weight excluding hydrogens is 342 g/mol. The Bertz CT molecular complexity index is 794. The Morgan fingerprint density at radius 1 is 0.923 bits per heavy atom. The molecule has 2 aromatic carbocycles. The van der Waals surface area contributed by atoms with Gasteiger partial charge in [-0.1, -0.05) is 32.9 Å². The number of amides is 2. The number of benzene rings is 2. The number of carbonyl (C=O) groups is 2. The lowest BCUT2D eigenvalue weighted by atomic mass is 9.82. The first-order chi connectivity index (χ1) is 12.1. The maximum absolute atomic E-state index is 13.4. The van der Waals surface area contributed by atoms with Crippen molar-refractivity contribution in [2.24, 2.45) is 5.41 Å². The first-order valence-electron chi connectivity index (χ1n) is 7.93. The van der Waals surface area contributed by atoms with Crippen molar-refractivity contribution in [3.63, 3.8) is 0 Å². The minimum atomic E-state index is -0.832. The molecule has 26 heavy (non-hydrogen) atoms. The van der Waals surface area contributed by atoms with E-state index < -0.39 is 34.9 Å². The summed E-state index contributed by atoms with van der Waals surface area (Å²) in [5, 5.41) is 11.5. The summed E-state index contributed by atoms with van der Waals surface area (Å²) in [4.78, 5) is 23.9. The predicted molar refractivity (Wildman–Crippen MR) is 91.7 cm³/mol. The van der Waals surface area contributed by atoms with Crippen molar-refractivity contribution in [1.82, 2.24) is 10.8 Å². The molecule has 0 aliphatic carbocycles. The molecule has 138 valence electrons. The summed E-state index contributed by atoms with van der Waals surface area (Å²) in [5.74, 6) is -2.92. The number of carbonyl (C=O) groups excluding carboxylic acids is 2. The Kier molecular flexibility index (Phi) is 5.72. The first-order valence-corrected chi connectivity index (χ1v) is 7.93. The van der Waals surface area contributed by atoms with Crippen molar-refractivity contribution in [2.75, 3.05) is 0 Å². The summed E-state index contributed by atoms with van der Waals surface area (Å²) in [7, 11) is 0. The second kappa shape index (κ2) is 7.61. The van der Waals surface area contributed by atoms with Crippen LogP contribution in [0, 0.1) is 17.0 Å². The van der Waals surface area contributed by atoms with Gasteiger partial charge in [0.25, 0.3) is 11.8 Å². The van der Waals surface area contributed by atoms with Crippen molar-refractivity contribution >= 4 is 11.8 Å². The normalized spacial score (nSPS) is 12.4. The summed E-state index contributed by atoms with van der Waals surface area (Å²) in [5.41, 5.74) is 1.97. The van der Waals surface area contributed by atoms with E-state index in [1.807, 2.05) is 20.8 Å². The van der Waals surface area contributed by atoms with Crippen molar-refractivity contribution in [1.29, 1.82) is 0 Å². The average Bonchev–Trinajstić information content (AvgIpc) is 2.57. The maximum atomic E-state index is 13.4. The first kappa shape index (κ1) is 19.5. The third-order valence-corrected chi connectivity index (χ3v) is 3.87. The zero-order valence-corrected chi connectivity index (χ0v) is 14.6. The average molecular weight is 362 g/mol. The number of hydrogen-bond donors (Lipinski definition) is 3. The van der Waals surface area contributed by atoms with Gasteiger partial charge in [-0.2, -0.15) is 0 Å². The number of rotatable bonds is 4. The van der Waals surface area contributed by atoms with Gasteiger partial charge in [0, 0.05) is 17.2 Å². The quantitative estimate of drug-likeness (QED) is 0.574. The van der Waals surface area contributed by atoms with Crippen LogP contribution in [0.5, 0.6) is 0 Å². The number of halogens is 2. The minimum absolute atomic E-state index is 0.118. The molecule has 0 aromatic heterocycles. The van der Waals surface area contributed by atoms with Crippen LogP contribution in [0.4, 0.5) is 8.78 Å². The number of hydrogen-bond acceptors (Lipinski definition) is 3. The molecule has 3 N–H and O–H groups in total. The van der Waals surface area contributed by atoms with Gasteiger partial charge in [0.2, 0.25) is 0 Å². The van der Waals surface area contributed by atoms with Gasteiger partial charge >= 0.3 is 0 Å². The molecule has 0 radical (unpaired) electrons. The van der Waals surface area contributed by atoms with E-state index >= 15 is 0 Å². The molecular formula is C19H20F2N2O3. The van der Waals surface area contributed by atoms with Crippen molar-refractivity contribution in [3.8, 4) is 0 Å². The summed E-state index contributed by atoms with van der Waals surface area (Å²) < 4.78 is 26.7. The third kappa shape index (κ3) is 4.64. The van der Waals surface area contributed by atoms with Crippen LogP contribution in [0.15, 0.2) is 42.5 Å². The highest BCUT2D eigenvalue weighted by Gasteiger charge is 2.28. The highest BCUT2D eigenvalue weighted by atomic mass is 19.1. The minimum Gasteiger partial charge on any atom is -0.345 e. The Hall–Kier alpha value is -2.80. The van der Waals surface area contributed by atoms with Crippen LogP contribution in [-0.4, -0.2) is 17.0 Å². The van der Waals surface area contributed by atoms with Crippen LogP contribution >= 0.6 is 0 Å². The fourth-order valence-electron chi connectivity index (χ4n) is 2.59. The highest BCUT2D eigenvalue weighted by molar-refractivity contribution is 5.95. The molecule has 5 nitrogen and oxygen atoms in total. The Balaban J connectivity index is 2.30. The molecule has 1 unspecified atom stereocenters. The van der Waals surface area contributed by atoms with E-state index in [2.05, 4.69) is 5.32 Å². The Labute approximate surface area is 150 Å². The summed E-state index contributed by atoms with van der Waals surface area (Å²) >= 11 is 0. The Morgan fingerprint density at radius 2 is 1.46 bits per heavy atom. The fourth-order valence-corrected chi connectivity index (χ4v) is 2.59. The smallest absolute Gasteiger partial charge is 0.274 e. The molecule has 2 rings (SSSR count). The maximum Gasteiger partial charge on any atom is 0.274 e. The molecule has 0 saturated carbocycles. The second-order valence-corrected chi connectivity index (χ2v) is 6.99. The molecule has 0 spiro atoms. The van der Waals surface area contributed by atoms with Crippen LogP contribution in [-0.2, 0) is 0 Å². The van der Waals surface area contributed by atoms with Crippen LogP contribution < -0.4 is 10.8 Å². The zero-order chi connectivity index (χ0) is 19.5. The fraction of sp³-hybridized carbons (Fsp3) is 0.263. The molecule has 0 aliphatic rings. The van der Waals surface area contributed by atoms with Gasteiger partial charge in [-0.3, -0.25) is 14.8 Å². The highest BCUT2D eigenvalue weighted by Crippen LogP contribution is 2.33. The van der Waals surface area contributed by atoms with Crippen LogP contribution in [0.25, 0.3) is 0 Å². The van der Waals surface area contributed by atoms with Gasteiger partial charge in [0.15, 0.2) is 0 Å². The zero-order valence-electron chi connectivity index (χ0n) is 14.6. The third-order valence-electron chi connectivity index (χ3n) is 3.87. The SMILES string of the molecule is CC(C)(C)C(NC(=O)c1cc(F)cc(F)c1)c1ccc(C(=O)NO)cc1. The van der Waals surface area contributed by atoms with Crippen molar-refractivity contribution < 1.29 is 23.6 Å². The molecule has 0 aliphatic heterocycles. The summed E-state index contributed by atoms with van der Waals surface area (Å²) in [6.45, 7) is 5.70. The molecule has 0 bridgehead atoms. The molecule has 2 aromatic rings. The summed E-state index contributed by atoms with van der Waals surface area (Å²) in [6.07, 6.45) is 0. The van der Waals surface area contributed by atoms with Crippen LogP contribution in [0.3, 0.4) is 0 Å². The van der Waals surface area contributed by atoms with Crippen LogP contribution in [0.1, 0.15) is 53.1 Å². The van der Waals surface area contributed by atoms with E-state index in [9.17, 15) is 18.4 Å². The lowest BCUT2D eigenvalue weighted by Gasteiger charge is -2.32. The molecule has 0 saturated heterocycles. The van der Waals surface area contributed by atoms with E-state index in [1.165, 1.54) is 12.1 Å². The van der Waals surface area contributed by atoms with Gasteiger partial charge < -0.3 is 5.32 Å². The van der Waals surface area contributed by atoms with Gasteiger partial charge in [0.05, 0.1) is 6.04 Å².